The molecule has 164 valence electrons. The Bertz CT molecular complexity index is 780. The molecule has 0 aromatic heterocycles. The second kappa shape index (κ2) is 10.4. The second-order valence-electron chi connectivity index (χ2n) is 9.10. The minimum atomic E-state index is -0.926. The minimum Gasteiger partial charge on any atom is -0.508 e. The fourth-order valence-electron chi connectivity index (χ4n) is 4.95. The number of aromatic hydroxyl groups is 1. The molecular formula is C26H38N2O2. The molecule has 0 spiro atoms. The van der Waals surface area contributed by atoms with Crippen molar-refractivity contribution >= 4 is 0 Å². The normalized spacial score (nSPS) is 23.6. The van der Waals surface area contributed by atoms with Gasteiger partial charge in [0.2, 0.25) is 0 Å². The van der Waals surface area contributed by atoms with Crippen molar-refractivity contribution in [2.75, 3.05) is 33.7 Å². The molecule has 3 atom stereocenters. The lowest BCUT2D eigenvalue weighted by molar-refractivity contribution is -0.0938. The van der Waals surface area contributed by atoms with E-state index in [0.717, 1.165) is 31.6 Å². The number of hydrogen-bond acceptors (Lipinski definition) is 4. The highest BCUT2D eigenvalue weighted by Gasteiger charge is 2.44. The maximum atomic E-state index is 11.8. The lowest BCUT2D eigenvalue weighted by Gasteiger charge is -2.48. The van der Waals surface area contributed by atoms with Gasteiger partial charge in [0.05, 0.1) is 5.60 Å². The van der Waals surface area contributed by atoms with E-state index in [2.05, 4.69) is 61.2 Å². The molecule has 3 unspecified atom stereocenters. The lowest BCUT2D eigenvalue weighted by Crippen LogP contribution is -2.53. The minimum absolute atomic E-state index is 0.0698. The Morgan fingerprint density at radius 3 is 2.53 bits per heavy atom. The van der Waals surface area contributed by atoms with Crippen molar-refractivity contribution in [3.63, 3.8) is 0 Å². The monoisotopic (exact) mass is 410 g/mol. The molecular weight excluding hydrogens is 372 g/mol. The van der Waals surface area contributed by atoms with Crippen LogP contribution in [0.1, 0.15) is 56.2 Å². The lowest BCUT2D eigenvalue weighted by atomic mass is 9.75. The third-order valence-corrected chi connectivity index (χ3v) is 6.55. The summed E-state index contributed by atoms with van der Waals surface area (Å²) in [6.45, 7) is 4.75. The van der Waals surface area contributed by atoms with Gasteiger partial charge >= 0.3 is 0 Å². The summed E-state index contributed by atoms with van der Waals surface area (Å²) in [4.78, 5) is 4.74. The highest BCUT2D eigenvalue weighted by Crippen LogP contribution is 2.42. The number of unbranched alkanes of at least 4 members (excludes halogenated alkanes) is 2. The zero-order chi connectivity index (χ0) is 21.6. The first-order chi connectivity index (χ1) is 14.4. The Labute approximate surface area is 182 Å². The summed E-state index contributed by atoms with van der Waals surface area (Å²) < 4.78 is 0. The van der Waals surface area contributed by atoms with Crippen molar-refractivity contribution in [1.29, 1.82) is 0 Å². The molecule has 2 aromatic rings. The Morgan fingerprint density at radius 1 is 1.10 bits per heavy atom. The van der Waals surface area contributed by atoms with Gasteiger partial charge < -0.3 is 15.1 Å². The first kappa shape index (κ1) is 22.8. The third-order valence-electron chi connectivity index (χ3n) is 6.55. The van der Waals surface area contributed by atoms with Gasteiger partial charge in [0, 0.05) is 31.6 Å². The van der Waals surface area contributed by atoms with Gasteiger partial charge in [-0.15, -0.1) is 0 Å². The number of piperidine rings is 1. The number of benzene rings is 2. The van der Waals surface area contributed by atoms with Crippen LogP contribution in [0, 0.1) is 5.92 Å². The largest absolute Gasteiger partial charge is 0.508 e. The van der Waals surface area contributed by atoms with Crippen molar-refractivity contribution in [1.82, 2.24) is 9.80 Å². The molecule has 2 N–H and O–H groups in total. The molecule has 1 aliphatic heterocycles. The average molecular weight is 411 g/mol. The molecule has 4 nitrogen and oxygen atoms in total. The fraction of sp³-hybridized carbons (Fsp3) is 0.538. The predicted octanol–water partition coefficient (Wildman–Crippen LogP) is 4.78. The molecule has 1 fully saturated rings. The zero-order valence-corrected chi connectivity index (χ0v) is 18.8. The topological polar surface area (TPSA) is 46.9 Å². The second-order valence-corrected chi connectivity index (χ2v) is 9.10. The van der Waals surface area contributed by atoms with Gasteiger partial charge in [0.25, 0.3) is 0 Å². The van der Waals surface area contributed by atoms with Crippen LogP contribution in [-0.2, 0) is 5.60 Å². The average Bonchev–Trinajstić information content (AvgIpc) is 2.73. The van der Waals surface area contributed by atoms with E-state index in [1.165, 1.54) is 24.8 Å². The van der Waals surface area contributed by atoms with E-state index >= 15 is 0 Å². The fourth-order valence-corrected chi connectivity index (χ4v) is 4.95. The van der Waals surface area contributed by atoms with E-state index in [1.807, 2.05) is 12.1 Å². The van der Waals surface area contributed by atoms with E-state index in [4.69, 9.17) is 0 Å². The van der Waals surface area contributed by atoms with E-state index < -0.39 is 5.60 Å². The van der Waals surface area contributed by atoms with Gasteiger partial charge in [0.1, 0.15) is 5.75 Å². The van der Waals surface area contributed by atoms with E-state index in [0.29, 0.717) is 12.5 Å². The van der Waals surface area contributed by atoms with Crippen LogP contribution >= 0.6 is 0 Å². The van der Waals surface area contributed by atoms with Crippen LogP contribution in [0.4, 0.5) is 0 Å². The highest BCUT2D eigenvalue weighted by atomic mass is 16.3. The van der Waals surface area contributed by atoms with Crippen LogP contribution in [0.3, 0.4) is 0 Å². The number of rotatable bonds is 9. The van der Waals surface area contributed by atoms with Gasteiger partial charge in [0.15, 0.2) is 0 Å². The van der Waals surface area contributed by atoms with Gasteiger partial charge in [-0.2, -0.15) is 0 Å². The Balaban J connectivity index is 1.86. The molecule has 30 heavy (non-hydrogen) atoms. The van der Waals surface area contributed by atoms with Crippen molar-refractivity contribution in [3.05, 3.63) is 65.7 Å². The number of nitrogens with zero attached hydrogens (tertiary/aromatic N) is 2. The van der Waals surface area contributed by atoms with Crippen molar-refractivity contribution < 1.29 is 10.2 Å². The van der Waals surface area contributed by atoms with Gasteiger partial charge in [-0.3, -0.25) is 4.90 Å². The molecule has 2 aromatic carbocycles. The van der Waals surface area contributed by atoms with Crippen LogP contribution in [0.25, 0.3) is 0 Å². The maximum Gasteiger partial charge on any atom is 0.115 e. The number of aliphatic hydroxyl groups is 1. The van der Waals surface area contributed by atoms with Gasteiger partial charge in [-0.05, 0) is 50.2 Å². The van der Waals surface area contributed by atoms with Crippen molar-refractivity contribution in [2.45, 2.75) is 50.7 Å². The Morgan fingerprint density at radius 2 is 1.87 bits per heavy atom. The predicted molar refractivity (Wildman–Crippen MR) is 124 cm³/mol. The van der Waals surface area contributed by atoms with Gasteiger partial charge in [-0.1, -0.05) is 68.7 Å². The molecule has 0 saturated carbocycles. The summed E-state index contributed by atoms with van der Waals surface area (Å²) >= 11 is 0. The van der Waals surface area contributed by atoms with Crippen molar-refractivity contribution in [2.24, 2.45) is 5.92 Å². The SMILES string of the molecule is CCCCCC(c1ccccc1)N1CCC(O)(c2cccc(O)c2)C(CN(C)C)C1. The highest BCUT2D eigenvalue weighted by molar-refractivity contribution is 5.33. The quantitative estimate of drug-likeness (QED) is 0.584. The molecule has 0 amide bonds. The molecule has 0 bridgehead atoms. The summed E-state index contributed by atoms with van der Waals surface area (Å²) in [5.74, 6) is 0.286. The molecule has 3 rings (SSSR count). The van der Waals surface area contributed by atoms with Crippen LogP contribution in [0.2, 0.25) is 0 Å². The van der Waals surface area contributed by atoms with E-state index in [9.17, 15) is 10.2 Å². The van der Waals surface area contributed by atoms with Crippen molar-refractivity contribution in [3.8, 4) is 5.75 Å². The summed E-state index contributed by atoms with van der Waals surface area (Å²) in [6, 6.07) is 18.4. The van der Waals surface area contributed by atoms with Crippen LogP contribution in [-0.4, -0.2) is 53.7 Å². The molecule has 1 heterocycles. The molecule has 4 heteroatoms. The molecule has 1 saturated heterocycles. The first-order valence-corrected chi connectivity index (χ1v) is 11.4. The summed E-state index contributed by atoms with van der Waals surface area (Å²) in [6.07, 6.45) is 5.53. The van der Waals surface area contributed by atoms with Gasteiger partial charge in [-0.25, -0.2) is 0 Å². The number of hydrogen-bond donors (Lipinski definition) is 2. The number of likely N-dealkylation sites (tertiary alicyclic amines) is 1. The van der Waals surface area contributed by atoms with E-state index in [-0.39, 0.29) is 11.7 Å². The first-order valence-electron chi connectivity index (χ1n) is 11.4. The van der Waals surface area contributed by atoms with E-state index in [1.54, 1.807) is 12.1 Å². The van der Waals surface area contributed by atoms with Crippen LogP contribution in [0.15, 0.2) is 54.6 Å². The number of phenolic OH excluding ortho intramolecular Hbond substituents is 1. The Hall–Kier alpha value is -1.88. The molecule has 1 aliphatic rings. The Kier molecular flexibility index (Phi) is 7.93. The standard InChI is InChI=1S/C26H38N2O2/c1-4-5-7-15-25(21-11-8-6-9-12-21)28-17-16-26(30,23(20-28)19-27(2)3)22-13-10-14-24(29)18-22/h6,8-14,18,23,25,29-30H,4-5,7,15-17,19-20H2,1-3H3. The molecule has 0 aliphatic carbocycles. The third kappa shape index (κ3) is 5.42. The number of phenols is 1. The molecule has 0 radical (unpaired) electrons. The van der Waals surface area contributed by atoms with Crippen LogP contribution < -0.4 is 0 Å². The maximum absolute atomic E-state index is 11.8. The summed E-state index contributed by atoms with van der Waals surface area (Å²) in [7, 11) is 4.13. The summed E-state index contributed by atoms with van der Waals surface area (Å²) in [5, 5.41) is 21.8. The van der Waals surface area contributed by atoms with Crippen LogP contribution in [0.5, 0.6) is 5.75 Å². The zero-order valence-electron chi connectivity index (χ0n) is 18.8. The summed E-state index contributed by atoms with van der Waals surface area (Å²) in [5.41, 5.74) is 1.28. The smallest absolute Gasteiger partial charge is 0.115 e.